The first-order chi connectivity index (χ1) is 16.4. The summed E-state index contributed by atoms with van der Waals surface area (Å²) in [6.07, 6.45) is 4.27. The van der Waals surface area contributed by atoms with E-state index in [0.29, 0.717) is 40.9 Å². The lowest BCUT2D eigenvalue weighted by atomic mass is 10.1. The lowest BCUT2D eigenvalue weighted by Crippen LogP contribution is -2.27. The van der Waals surface area contributed by atoms with Gasteiger partial charge >= 0.3 is 0 Å². The molecular weight excluding hydrogens is 432 g/mol. The molecule has 178 valence electrons. The van der Waals surface area contributed by atoms with Gasteiger partial charge in [-0.2, -0.15) is 4.98 Å². The normalized spacial score (nSPS) is 17.2. The Labute approximate surface area is 198 Å². The molecular formula is C25H30N6O3. The monoisotopic (exact) mass is 462 g/mol. The van der Waals surface area contributed by atoms with Crippen molar-refractivity contribution >= 4 is 23.1 Å². The highest BCUT2D eigenvalue weighted by Gasteiger charge is 2.30. The molecule has 1 aliphatic rings. The summed E-state index contributed by atoms with van der Waals surface area (Å²) >= 11 is 0. The summed E-state index contributed by atoms with van der Waals surface area (Å²) in [7, 11) is 0. The molecule has 0 aromatic carbocycles. The van der Waals surface area contributed by atoms with Crippen molar-refractivity contribution in [1.29, 1.82) is 0 Å². The van der Waals surface area contributed by atoms with Gasteiger partial charge in [-0.25, -0.2) is 4.52 Å². The van der Waals surface area contributed by atoms with Gasteiger partial charge < -0.3 is 20.1 Å². The van der Waals surface area contributed by atoms with Crippen LogP contribution in [0.4, 0.5) is 11.8 Å². The lowest BCUT2D eigenvalue weighted by molar-refractivity contribution is -0.113. The van der Waals surface area contributed by atoms with Gasteiger partial charge in [0, 0.05) is 25.0 Å². The smallest absolute Gasteiger partial charge is 0.246 e. The van der Waals surface area contributed by atoms with Gasteiger partial charge in [-0.1, -0.05) is 12.6 Å². The zero-order chi connectivity index (χ0) is 24.2. The van der Waals surface area contributed by atoms with Crippen molar-refractivity contribution in [2.45, 2.75) is 45.9 Å². The fourth-order valence-electron chi connectivity index (χ4n) is 4.09. The summed E-state index contributed by atoms with van der Waals surface area (Å²) < 4.78 is 7.06. The van der Waals surface area contributed by atoms with E-state index in [4.69, 9.17) is 14.8 Å². The van der Waals surface area contributed by atoms with Gasteiger partial charge in [0.2, 0.25) is 5.95 Å². The van der Waals surface area contributed by atoms with Crippen LogP contribution in [-0.2, 0) is 9.53 Å². The SMILES string of the molecule is C=C(/C=C(\C)C(C)=O)Nc1nc(N2CCCC2c2ccccn2)nn2c(C(O)OCC)ccc12. The molecule has 4 heterocycles. The Kier molecular flexibility index (Phi) is 7.04. The number of carbonyl (C=O) groups is 1. The Morgan fingerprint density at radius 2 is 2.18 bits per heavy atom. The van der Waals surface area contributed by atoms with E-state index in [1.165, 1.54) is 6.92 Å². The molecule has 1 saturated heterocycles. The van der Waals surface area contributed by atoms with E-state index in [9.17, 15) is 9.90 Å². The average Bonchev–Trinajstić information content (AvgIpc) is 3.47. The van der Waals surface area contributed by atoms with Gasteiger partial charge in [-0.05, 0) is 69.5 Å². The summed E-state index contributed by atoms with van der Waals surface area (Å²) in [4.78, 5) is 23.2. The molecule has 0 bridgehead atoms. The van der Waals surface area contributed by atoms with Crippen LogP contribution in [0.1, 0.15) is 57.3 Å². The highest BCUT2D eigenvalue weighted by molar-refractivity contribution is 5.93. The van der Waals surface area contributed by atoms with E-state index in [2.05, 4.69) is 21.8 Å². The van der Waals surface area contributed by atoms with Crippen molar-refractivity contribution in [3.05, 3.63) is 71.8 Å². The molecule has 0 radical (unpaired) electrons. The summed E-state index contributed by atoms with van der Waals surface area (Å²) in [6.45, 7) is 10.2. The number of pyridine rings is 1. The number of anilines is 2. The molecule has 2 unspecified atom stereocenters. The van der Waals surface area contributed by atoms with Crippen LogP contribution in [0.3, 0.4) is 0 Å². The number of nitrogens with one attached hydrogen (secondary N) is 1. The molecule has 0 saturated carbocycles. The van der Waals surface area contributed by atoms with E-state index in [-0.39, 0.29) is 11.8 Å². The Morgan fingerprint density at radius 1 is 1.35 bits per heavy atom. The molecule has 0 aliphatic carbocycles. The van der Waals surface area contributed by atoms with Crippen LogP contribution in [0.15, 0.2) is 60.5 Å². The molecule has 1 aliphatic heterocycles. The van der Waals surface area contributed by atoms with Crippen LogP contribution in [-0.4, -0.2) is 43.6 Å². The third-order valence-corrected chi connectivity index (χ3v) is 5.87. The van der Waals surface area contributed by atoms with Gasteiger partial charge in [0.25, 0.3) is 0 Å². The van der Waals surface area contributed by atoms with Crippen LogP contribution in [0.25, 0.3) is 5.52 Å². The number of aliphatic hydroxyl groups excluding tert-OH is 1. The standard InChI is InChI=1S/C25H30N6O3/c1-5-34-24(33)22-12-11-21-23(27-17(3)15-16(2)18(4)32)28-25(29-31(21)22)30-14-8-10-20(30)19-9-6-7-13-26-19/h6-7,9,11-13,15,20,24,33H,3,5,8,10,14H2,1-2,4H3,(H,27,28,29)/b16-15+. The molecule has 1 fully saturated rings. The molecule has 2 N–H and O–H groups in total. The summed E-state index contributed by atoms with van der Waals surface area (Å²) in [5.41, 5.74) is 3.22. The van der Waals surface area contributed by atoms with E-state index in [0.717, 1.165) is 25.1 Å². The second kappa shape index (κ2) is 10.1. The first-order valence-electron chi connectivity index (χ1n) is 11.4. The minimum Gasteiger partial charge on any atom is -0.363 e. The van der Waals surface area contributed by atoms with Gasteiger partial charge in [-0.15, -0.1) is 5.10 Å². The Hall–Kier alpha value is -3.56. The summed E-state index contributed by atoms with van der Waals surface area (Å²) in [5.74, 6) is 0.991. The fraction of sp³-hybridized carbons (Fsp3) is 0.360. The summed E-state index contributed by atoms with van der Waals surface area (Å²) in [5, 5.41) is 18.5. The minimum absolute atomic E-state index is 0.0310. The lowest BCUT2D eigenvalue weighted by Gasteiger charge is -2.25. The molecule has 4 rings (SSSR count). The average molecular weight is 463 g/mol. The van der Waals surface area contributed by atoms with Crippen LogP contribution in [0.2, 0.25) is 0 Å². The molecule has 0 amide bonds. The molecule has 2 atom stereocenters. The fourth-order valence-corrected chi connectivity index (χ4v) is 4.09. The topological polar surface area (TPSA) is 105 Å². The number of fused-ring (bicyclic) bond motifs is 1. The van der Waals surface area contributed by atoms with E-state index in [1.54, 1.807) is 29.8 Å². The highest BCUT2D eigenvalue weighted by Crippen LogP contribution is 2.35. The van der Waals surface area contributed by atoms with Gasteiger partial charge in [0.1, 0.15) is 5.52 Å². The first kappa shape index (κ1) is 23.6. The maximum Gasteiger partial charge on any atom is 0.246 e. The van der Waals surface area contributed by atoms with E-state index in [1.807, 2.05) is 31.2 Å². The van der Waals surface area contributed by atoms with Crippen molar-refractivity contribution in [1.82, 2.24) is 19.6 Å². The summed E-state index contributed by atoms with van der Waals surface area (Å²) in [6, 6.07) is 9.52. The number of hydrogen-bond acceptors (Lipinski definition) is 8. The van der Waals surface area contributed by atoms with Gasteiger partial charge in [0.15, 0.2) is 17.9 Å². The van der Waals surface area contributed by atoms with Gasteiger partial charge in [0.05, 0.1) is 17.4 Å². The number of carbonyl (C=O) groups excluding carboxylic acids is 1. The molecule has 9 nitrogen and oxygen atoms in total. The second-order valence-corrected chi connectivity index (χ2v) is 8.26. The van der Waals surface area contributed by atoms with Crippen LogP contribution < -0.4 is 10.2 Å². The van der Waals surface area contributed by atoms with Gasteiger partial charge in [-0.3, -0.25) is 9.78 Å². The molecule has 0 spiro atoms. The zero-order valence-corrected chi connectivity index (χ0v) is 19.7. The van der Waals surface area contributed by atoms with E-state index >= 15 is 0 Å². The van der Waals surface area contributed by atoms with Crippen molar-refractivity contribution in [2.24, 2.45) is 0 Å². The number of ketones is 1. The number of ether oxygens (including phenoxy) is 1. The maximum atomic E-state index is 11.7. The number of Topliss-reactive ketones (excluding diaryl/α,β-unsaturated/α-hetero) is 1. The predicted octanol–water partition coefficient (Wildman–Crippen LogP) is 3.95. The maximum absolute atomic E-state index is 11.7. The third-order valence-electron chi connectivity index (χ3n) is 5.87. The number of aliphatic hydroxyl groups is 1. The first-order valence-corrected chi connectivity index (χ1v) is 11.4. The Bertz CT molecular complexity index is 1220. The minimum atomic E-state index is -1.13. The third kappa shape index (κ3) is 4.85. The van der Waals surface area contributed by atoms with Crippen LogP contribution >= 0.6 is 0 Å². The van der Waals surface area contributed by atoms with Crippen LogP contribution in [0, 0.1) is 0 Å². The van der Waals surface area contributed by atoms with E-state index < -0.39 is 6.29 Å². The predicted molar refractivity (Wildman–Crippen MR) is 130 cm³/mol. The van der Waals surface area contributed by atoms with Crippen molar-refractivity contribution in [3.63, 3.8) is 0 Å². The molecule has 3 aromatic heterocycles. The highest BCUT2D eigenvalue weighted by atomic mass is 16.6. The largest absolute Gasteiger partial charge is 0.363 e. The number of nitrogens with zero attached hydrogens (tertiary/aromatic N) is 5. The zero-order valence-electron chi connectivity index (χ0n) is 19.7. The van der Waals surface area contributed by atoms with Crippen molar-refractivity contribution in [3.8, 4) is 0 Å². The Balaban J connectivity index is 1.78. The van der Waals surface area contributed by atoms with Crippen LogP contribution in [0.5, 0.6) is 0 Å². The molecule has 9 heteroatoms. The van der Waals surface area contributed by atoms with Crippen molar-refractivity contribution < 1.29 is 14.6 Å². The quantitative estimate of drug-likeness (QED) is 0.280. The number of hydrogen-bond donors (Lipinski definition) is 2. The number of allylic oxidation sites excluding steroid dienone is 2. The number of rotatable bonds is 9. The molecule has 34 heavy (non-hydrogen) atoms. The Morgan fingerprint density at radius 3 is 2.88 bits per heavy atom. The second-order valence-electron chi connectivity index (χ2n) is 8.26. The van der Waals surface area contributed by atoms with Crippen molar-refractivity contribution in [2.75, 3.05) is 23.4 Å². The molecule has 3 aromatic rings. The number of aromatic nitrogens is 4.